The third kappa shape index (κ3) is 5.88. The molecule has 0 aliphatic heterocycles. The van der Waals surface area contributed by atoms with Crippen molar-refractivity contribution in [3.8, 4) is 0 Å². The summed E-state index contributed by atoms with van der Waals surface area (Å²) in [5, 5.41) is 8.23. The molecule has 2 spiro atoms. The van der Waals surface area contributed by atoms with Crippen LogP contribution < -0.4 is 0 Å². The summed E-state index contributed by atoms with van der Waals surface area (Å²) < 4.78 is 0. The highest BCUT2D eigenvalue weighted by molar-refractivity contribution is 5.94. The van der Waals surface area contributed by atoms with Crippen LogP contribution >= 0.6 is 0 Å². The standard InChI is InChI=1S/C13H14O.C13H16.C5H8O2.C5H6O/c14-12-9-11(13(12)7-4-8-13)10-5-2-1-3-6-10;1-2-5-11(6-3-1)12-7-10-13(12)8-4-9-13;6-5(7)4-2-1-3-4;6-4-5-2-1-3-5/h1-3,5-6,11H,4,7-9H2;1-3,5-6,12H,4,7-10H2;4H,1-3H2,(H,6,7);1-3H2. The first kappa shape index (κ1) is 28.6. The van der Waals surface area contributed by atoms with Gasteiger partial charge in [-0.3, -0.25) is 9.59 Å². The summed E-state index contributed by atoms with van der Waals surface area (Å²) in [6.07, 6.45) is 17.8. The molecule has 2 atom stereocenters. The first-order valence-corrected chi connectivity index (χ1v) is 15.6. The van der Waals surface area contributed by atoms with Crippen LogP contribution in [-0.2, 0) is 14.4 Å². The maximum Gasteiger partial charge on any atom is 0.306 e. The van der Waals surface area contributed by atoms with Crippen LogP contribution in [0.5, 0.6) is 0 Å². The average molecular weight is 541 g/mol. The minimum atomic E-state index is -0.619. The van der Waals surface area contributed by atoms with Gasteiger partial charge >= 0.3 is 5.97 Å². The Morgan fingerprint density at radius 1 is 0.725 bits per heavy atom. The van der Waals surface area contributed by atoms with E-state index in [1.165, 1.54) is 50.5 Å². The molecule has 0 radical (unpaired) electrons. The molecule has 8 rings (SSSR count). The topological polar surface area (TPSA) is 71.4 Å². The average Bonchev–Trinajstić information content (AvgIpc) is 2.80. The predicted octanol–water partition coefficient (Wildman–Crippen LogP) is 8.45. The van der Waals surface area contributed by atoms with Crippen molar-refractivity contribution in [1.29, 1.82) is 0 Å². The summed E-state index contributed by atoms with van der Waals surface area (Å²) >= 11 is 0. The van der Waals surface area contributed by atoms with Crippen molar-refractivity contribution in [2.45, 2.75) is 108 Å². The lowest BCUT2D eigenvalue weighted by molar-refractivity contribution is -0.149. The van der Waals surface area contributed by atoms with Gasteiger partial charge in [0.1, 0.15) is 11.7 Å². The molecule has 6 aliphatic carbocycles. The van der Waals surface area contributed by atoms with Crippen molar-refractivity contribution >= 4 is 17.7 Å². The number of ketones is 1. The van der Waals surface area contributed by atoms with Crippen LogP contribution in [0.3, 0.4) is 0 Å². The molecule has 6 aliphatic rings. The van der Waals surface area contributed by atoms with E-state index in [1.54, 1.807) is 5.56 Å². The number of carboxylic acid groups (broad SMARTS) is 1. The lowest BCUT2D eigenvalue weighted by Gasteiger charge is -2.56. The van der Waals surface area contributed by atoms with E-state index in [9.17, 15) is 14.4 Å². The van der Waals surface area contributed by atoms with E-state index in [0.717, 1.165) is 68.3 Å². The number of benzene rings is 2. The van der Waals surface area contributed by atoms with Gasteiger partial charge in [0.05, 0.1) is 5.92 Å². The Morgan fingerprint density at radius 3 is 1.55 bits per heavy atom. The van der Waals surface area contributed by atoms with Crippen molar-refractivity contribution < 1.29 is 19.5 Å². The zero-order valence-electron chi connectivity index (χ0n) is 23.8. The van der Waals surface area contributed by atoms with Crippen molar-refractivity contribution in [2.24, 2.45) is 16.7 Å². The molecule has 0 bridgehead atoms. The van der Waals surface area contributed by atoms with E-state index in [0.29, 0.717) is 11.7 Å². The molecule has 0 amide bonds. The van der Waals surface area contributed by atoms with E-state index in [1.807, 2.05) is 12.0 Å². The van der Waals surface area contributed by atoms with Gasteiger partial charge in [0.2, 0.25) is 0 Å². The first-order chi connectivity index (χ1) is 19.5. The molecule has 212 valence electrons. The molecule has 2 aromatic rings. The molecule has 6 saturated carbocycles. The van der Waals surface area contributed by atoms with Crippen LogP contribution in [-0.4, -0.2) is 22.8 Å². The van der Waals surface area contributed by atoms with Gasteiger partial charge in [0, 0.05) is 23.3 Å². The summed E-state index contributed by atoms with van der Waals surface area (Å²) in [5.74, 6) is 3.20. The molecular weight excluding hydrogens is 496 g/mol. The number of hydrogen-bond acceptors (Lipinski definition) is 3. The lowest BCUT2D eigenvalue weighted by Crippen LogP contribution is -2.52. The SMILES string of the molecule is O=C(O)C1CCC1.O=C1CC(c2ccccc2)C12CCC2.O=C=C1CCC1.c1ccc(C2CCC23CCC3)cc1. The number of carbonyl (C=O) groups is 2. The summed E-state index contributed by atoms with van der Waals surface area (Å²) in [4.78, 5) is 31.2. The first-order valence-electron chi connectivity index (χ1n) is 15.6. The molecule has 4 heteroatoms. The number of aliphatic carboxylic acids is 1. The van der Waals surface area contributed by atoms with Crippen LogP contribution in [0.15, 0.2) is 66.2 Å². The Morgan fingerprint density at radius 2 is 1.30 bits per heavy atom. The predicted molar refractivity (Wildman–Crippen MR) is 158 cm³/mol. The Bertz CT molecular complexity index is 1190. The van der Waals surface area contributed by atoms with E-state index in [2.05, 4.69) is 54.6 Å². The van der Waals surface area contributed by atoms with Crippen molar-refractivity contribution in [3.05, 3.63) is 77.4 Å². The van der Waals surface area contributed by atoms with E-state index < -0.39 is 5.97 Å². The minimum absolute atomic E-state index is 0.000000000000000444. The monoisotopic (exact) mass is 540 g/mol. The maximum atomic E-state index is 11.6. The molecule has 1 N–H and O–H groups in total. The van der Waals surface area contributed by atoms with Gasteiger partial charge in [-0.2, -0.15) is 0 Å². The maximum absolute atomic E-state index is 11.6. The number of rotatable bonds is 3. The highest BCUT2D eigenvalue weighted by atomic mass is 16.4. The molecule has 40 heavy (non-hydrogen) atoms. The van der Waals surface area contributed by atoms with E-state index in [-0.39, 0.29) is 11.3 Å². The molecule has 2 unspecified atom stereocenters. The van der Waals surface area contributed by atoms with Crippen molar-refractivity contribution in [2.75, 3.05) is 0 Å². The Labute approximate surface area is 239 Å². The summed E-state index contributed by atoms with van der Waals surface area (Å²) in [5.41, 5.74) is 4.78. The normalized spacial score (nSPS) is 26.0. The number of Topliss-reactive ketones (excluding diaryl/α,β-unsaturated/α-hetero) is 1. The Hall–Kier alpha value is -2.97. The van der Waals surface area contributed by atoms with Crippen LogP contribution in [0.4, 0.5) is 0 Å². The zero-order chi connectivity index (χ0) is 28.0. The quantitative estimate of drug-likeness (QED) is 0.397. The molecule has 0 aromatic heterocycles. The number of hydrogen-bond donors (Lipinski definition) is 1. The van der Waals surface area contributed by atoms with Crippen LogP contribution in [0.25, 0.3) is 0 Å². The largest absolute Gasteiger partial charge is 0.481 e. The fourth-order valence-electron chi connectivity index (χ4n) is 7.20. The lowest BCUT2D eigenvalue weighted by atomic mass is 9.47. The Balaban J connectivity index is 0.000000114. The third-order valence-electron chi connectivity index (χ3n) is 10.8. The highest BCUT2D eigenvalue weighted by Gasteiger charge is 2.58. The second-order valence-electron chi connectivity index (χ2n) is 12.8. The van der Waals surface area contributed by atoms with Crippen LogP contribution in [0.1, 0.15) is 119 Å². The Kier molecular flexibility index (Phi) is 9.06. The third-order valence-corrected chi connectivity index (χ3v) is 10.8. The number of allylic oxidation sites excluding steroid dienone is 1. The molecule has 2 aromatic carbocycles. The van der Waals surface area contributed by atoms with E-state index >= 15 is 0 Å². The fraction of sp³-hybridized carbons (Fsp3) is 0.556. The second-order valence-corrected chi connectivity index (χ2v) is 12.8. The molecular formula is C36H44O4. The second kappa shape index (κ2) is 12.7. The van der Waals surface area contributed by atoms with Gasteiger partial charge in [0.15, 0.2) is 0 Å². The van der Waals surface area contributed by atoms with Crippen molar-refractivity contribution in [3.63, 3.8) is 0 Å². The number of carbonyl (C=O) groups excluding carboxylic acids is 2. The molecule has 0 heterocycles. The molecule has 4 nitrogen and oxygen atoms in total. The van der Waals surface area contributed by atoms with E-state index in [4.69, 9.17) is 5.11 Å². The van der Waals surface area contributed by atoms with Gasteiger partial charge in [-0.1, -0.05) is 79.9 Å². The number of carboxylic acids is 1. The van der Waals surface area contributed by atoms with Gasteiger partial charge in [-0.25, -0.2) is 4.79 Å². The van der Waals surface area contributed by atoms with Crippen LogP contribution in [0, 0.1) is 16.7 Å². The van der Waals surface area contributed by atoms with Crippen LogP contribution in [0.2, 0.25) is 0 Å². The van der Waals surface area contributed by atoms with Gasteiger partial charge in [0.25, 0.3) is 0 Å². The van der Waals surface area contributed by atoms with Gasteiger partial charge in [-0.15, -0.1) is 0 Å². The summed E-state index contributed by atoms with van der Waals surface area (Å²) in [6.45, 7) is 0. The zero-order valence-corrected chi connectivity index (χ0v) is 23.8. The van der Waals surface area contributed by atoms with Gasteiger partial charge in [-0.05, 0) is 93.1 Å². The summed E-state index contributed by atoms with van der Waals surface area (Å²) in [6, 6.07) is 21.6. The summed E-state index contributed by atoms with van der Waals surface area (Å²) in [7, 11) is 0. The van der Waals surface area contributed by atoms with Crippen molar-refractivity contribution in [1.82, 2.24) is 0 Å². The fourth-order valence-corrected chi connectivity index (χ4v) is 7.20. The molecule has 0 saturated heterocycles. The highest BCUT2D eigenvalue weighted by Crippen LogP contribution is 2.64. The van der Waals surface area contributed by atoms with Gasteiger partial charge < -0.3 is 5.11 Å². The minimum Gasteiger partial charge on any atom is -0.481 e. The smallest absolute Gasteiger partial charge is 0.306 e. The molecule has 6 fully saturated rings.